The summed E-state index contributed by atoms with van der Waals surface area (Å²) in [5.41, 5.74) is 0.663. The number of halogens is 1. The zero-order chi connectivity index (χ0) is 14.0. The van der Waals surface area contributed by atoms with Gasteiger partial charge < -0.3 is 10.2 Å². The van der Waals surface area contributed by atoms with Gasteiger partial charge in [0.1, 0.15) is 6.04 Å². The molecule has 19 heavy (non-hydrogen) atoms. The van der Waals surface area contributed by atoms with E-state index in [1.54, 1.807) is 17.0 Å². The summed E-state index contributed by atoms with van der Waals surface area (Å²) in [6.07, 6.45) is 0.292. The maximum atomic E-state index is 12.5. The maximum Gasteiger partial charge on any atom is 0.249 e. The van der Waals surface area contributed by atoms with Crippen molar-refractivity contribution in [3.63, 3.8) is 0 Å². The van der Waals surface area contributed by atoms with Crippen LogP contribution in [0.4, 0.5) is 5.69 Å². The number of rotatable bonds is 2. The van der Waals surface area contributed by atoms with Crippen LogP contribution in [-0.2, 0) is 9.59 Å². The average Bonchev–Trinajstić information content (AvgIpc) is 2.51. The lowest BCUT2D eigenvalue weighted by molar-refractivity contribution is -0.126. The van der Waals surface area contributed by atoms with Gasteiger partial charge in [-0.25, -0.2) is 0 Å². The molecule has 1 aliphatic rings. The van der Waals surface area contributed by atoms with Crippen LogP contribution in [0.5, 0.6) is 0 Å². The number of carbonyl (C=O) groups excluding carboxylic acids is 2. The minimum Gasteiger partial charge on any atom is -0.344 e. The Balaban J connectivity index is 2.36. The van der Waals surface area contributed by atoms with E-state index in [-0.39, 0.29) is 17.7 Å². The number of para-hydroxylation sites is 1. The lowest BCUT2D eigenvalue weighted by Crippen LogP contribution is -2.47. The SMILES string of the molecule is CC(C)C1NC(=O)CCN(c2ccccc2Cl)C1=O. The monoisotopic (exact) mass is 280 g/mol. The third-order valence-corrected chi connectivity index (χ3v) is 3.54. The highest BCUT2D eigenvalue weighted by Gasteiger charge is 2.33. The van der Waals surface area contributed by atoms with Gasteiger partial charge in [-0.1, -0.05) is 37.6 Å². The second kappa shape index (κ2) is 5.61. The first kappa shape index (κ1) is 13.9. The molecule has 0 aliphatic carbocycles. The number of anilines is 1. The second-order valence-electron chi connectivity index (χ2n) is 4.98. The van der Waals surface area contributed by atoms with Crippen molar-refractivity contribution in [3.8, 4) is 0 Å². The molecule has 2 rings (SSSR count). The van der Waals surface area contributed by atoms with E-state index >= 15 is 0 Å². The summed E-state index contributed by atoms with van der Waals surface area (Å²) in [7, 11) is 0. The molecule has 4 nitrogen and oxygen atoms in total. The van der Waals surface area contributed by atoms with Gasteiger partial charge in [0.25, 0.3) is 0 Å². The molecular formula is C14H17ClN2O2. The molecule has 1 aliphatic heterocycles. The van der Waals surface area contributed by atoms with Crippen LogP contribution in [0.25, 0.3) is 0 Å². The lowest BCUT2D eigenvalue weighted by Gasteiger charge is -2.26. The Morgan fingerprint density at radius 2 is 2.00 bits per heavy atom. The van der Waals surface area contributed by atoms with Crippen LogP contribution in [-0.4, -0.2) is 24.4 Å². The van der Waals surface area contributed by atoms with Crippen molar-refractivity contribution in [1.29, 1.82) is 0 Å². The van der Waals surface area contributed by atoms with Crippen LogP contribution in [0.15, 0.2) is 24.3 Å². The van der Waals surface area contributed by atoms with E-state index in [0.717, 1.165) is 0 Å². The van der Waals surface area contributed by atoms with Crippen molar-refractivity contribution in [3.05, 3.63) is 29.3 Å². The molecule has 1 aromatic rings. The van der Waals surface area contributed by atoms with Crippen molar-refractivity contribution in [1.82, 2.24) is 5.32 Å². The average molecular weight is 281 g/mol. The highest BCUT2D eigenvalue weighted by Crippen LogP contribution is 2.27. The molecule has 1 aromatic carbocycles. The topological polar surface area (TPSA) is 49.4 Å². The number of hydrogen-bond donors (Lipinski definition) is 1. The molecule has 0 spiro atoms. The molecule has 2 amide bonds. The first-order valence-corrected chi connectivity index (χ1v) is 6.73. The molecule has 0 bridgehead atoms. The Labute approximate surface area is 117 Å². The molecule has 0 aromatic heterocycles. The minimum absolute atomic E-state index is 0.0412. The summed E-state index contributed by atoms with van der Waals surface area (Å²) in [6.45, 7) is 4.19. The molecule has 1 atom stereocenters. The quantitative estimate of drug-likeness (QED) is 0.903. The smallest absolute Gasteiger partial charge is 0.249 e. The van der Waals surface area contributed by atoms with Crippen LogP contribution in [0.2, 0.25) is 5.02 Å². The van der Waals surface area contributed by atoms with Crippen LogP contribution in [0, 0.1) is 5.92 Å². The number of carbonyl (C=O) groups is 2. The zero-order valence-electron chi connectivity index (χ0n) is 11.0. The number of nitrogens with zero attached hydrogens (tertiary/aromatic N) is 1. The Hall–Kier alpha value is -1.55. The number of amides is 2. The van der Waals surface area contributed by atoms with E-state index in [0.29, 0.717) is 23.7 Å². The molecule has 1 fully saturated rings. The highest BCUT2D eigenvalue weighted by molar-refractivity contribution is 6.33. The van der Waals surface area contributed by atoms with E-state index in [1.165, 1.54) is 0 Å². The molecule has 1 heterocycles. The van der Waals surface area contributed by atoms with Gasteiger partial charge in [-0.15, -0.1) is 0 Å². The molecule has 1 N–H and O–H groups in total. The molecular weight excluding hydrogens is 264 g/mol. The van der Waals surface area contributed by atoms with Crippen molar-refractivity contribution in [2.45, 2.75) is 26.3 Å². The largest absolute Gasteiger partial charge is 0.344 e. The third kappa shape index (κ3) is 2.89. The summed E-state index contributed by atoms with van der Waals surface area (Å²) >= 11 is 6.14. The van der Waals surface area contributed by atoms with Crippen molar-refractivity contribution in [2.24, 2.45) is 5.92 Å². The predicted molar refractivity (Wildman–Crippen MR) is 75.2 cm³/mol. The summed E-state index contributed by atoms with van der Waals surface area (Å²) in [5, 5.41) is 3.30. The number of benzene rings is 1. The zero-order valence-corrected chi connectivity index (χ0v) is 11.8. The van der Waals surface area contributed by atoms with E-state index in [1.807, 2.05) is 26.0 Å². The summed E-state index contributed by atoms with van der Waals surface area (Å²) in [4.78, 5) is 25.8. The fourth-order valence-electron chi connectivity index (χ4n) is 2.16. The molecule has 0 radical (unpaired) electrons. The van der Waals surface area contributed by atoms with Crippen molar-refractivity contribution in [2.75, 3.05) is 11.4 Å². The van der Waals surface area contributed by atoms with Gasteiger partial charge in [0.2, 0.25) is 11.8 Å². The van der Waals surface area contributed by atoms with Crippen molar-refractivity contribution < 1.29 is 9.59 Å². The fraction of sp³-hybridized carbons (Fsp3) is 0.429. The number of nitrogens with one attached hydrogen (secondary N) is 1. The first-order valence-electron chi connectivity index (χ1n) is 6.36. The summed E-state index contributed by atoms with van der Waals surface area (Å²) in [5.74, 6) is -0.157. The van der Waals surface area contributed by atoms with Gasteiger partial charge in [0.05, 0.1) is 10.7 Å². The van der Waals surface area contributed by atoms with Crippen LogP contribution in [0.3, 0.4) is 0 Å². The van der Waals surface area contributed by atoms with Gasteiger partial charge in [0, 0.05) is 13.0 Å². The van der Waals surface area contributed by atoms with Gasteiger partial charge in [-0.3, -0.25) is 9.59 Å². The summed E-state index contributed by atoms with van der Waals surface area (Å²) in [6, 6.07) is 6.70. The van der Waals surface area contributed by atoms with Crippen molar-refractivity contribution >= 4 is 29.1 Å². The van der Waals surface area contributed by atoms with E-state index in [2.05, 4.69) is 5.32 Å². The fourth-order valence-corrected chi connectivity index (χ4v) is 2.40. The third-order valence-electron chi connectivity index (χ3n) is 3.22. The van der Waals surface area contributed by atoms with E-state index < -0.39 is 6.04 Å². The first-order chi connectivity index (χ1) is 9.00. The van der Waals surface area contributed by atoms with Crippen LogP contribution < -0.4 is 10.2 Å². The Morgan fingerprint density at radius 1 is 1.32 bits per heavy atom. The standard InChI is InChI=1S/C14H17ClN2O2/c1-9(2)13-14(19)17(8-7-12(18)16-13)11-6-4-3-5-10(11)15/h3-6,9,13H,7-8H2,1-2H3,(H,16,18). The Morgan fingerprint density at radius 3 is 2.63 bits per heavy atom. The minimum atomic E-state index is -0.494. The molecule has 5 heteroatoms. The van der Waals surface area contributed by atoms with E-state index in [4.69, 9.17) is 11.6 Å². The molecule has 102 valence electrons. The maximum absolute atomic E-state index is 12.5. The summed E-state index contributed by atoms with van der Waals surface area (Å²) < 4.78 is 0. The normalized spacial score (nSPS) is 20.4. The highest BCUT2D eigenvalue weighted by atomic mass is 35.5. The van der Waals surface area contributed by atoms with Crippen LogP contribution >= 0.6 is 11.6 Å². The van der Waals surface area contributed by atoms with Crippen LogP contribution in [0.1, 0.15) is 20.3 Å². The van der Waals surface area contributed by atoms with E-state index in [9.17, 15) is 9.59 Å². The van der Waals surface area contributed by atoms with Gasteiger partial charge >= 0.3 is 0 Å². The molecule has 1 saturated heterocycles. The molecule has 0 saturated carbocycles. The predicted octanol–water partition coefficient (Wildman–Crippen LogP) is 2.22. The number of hydrogen-bond acceptors (Lipinski definition) is 2. The second-order valence-corrected chi connectivity index (χ2v) is 5.39. The Kier molecular flexibility index (Phi) is 4.10. The van der Waals surface area contributed by atoms with Gasteiger partial charge in [-0.2, -0.15) is 0 Å². The Bertz CT molecular complexity index is 502. The molecule has 1 unspecified atom stereocenters. The lowest BCUT2D eigenvalue weighted by atomic mass is 10.0. The van der Waals surface area contributed by atoms with Gasteiger partial charge in [0.15, 0.2) is 0 Å². The van der Waals surface area contributed by atoms with Gasteiger partial charge in [-0.05, 0) is 18.1 Å².